The number of carbonyl (C=O) groups is 1. The number of hydrogen-bond donors (Lipinski definition) is 1. The number of carbonyl (C=O) groups excluding carboxylic acids is 1. The van der Waals surface area contributed by atoms with Crippen LogP contribution in [0.3, 0.4) is 0 Å². The highest BCUT2D eigenvalue weighted by Gasteiger charge is 2.31. The zero-order valence-corrected chi connectivity index (χ0v) is 19.5. The Hall–Kier alpha value is -2.97. The minimum atomic E-state index is -3.57. The van der Waals surface area contributed by atoms with Crippen LogP contribution >= 0.6 is 0 Å². The molecule has 5 rings (SSSR count). The van der Waals surface area contributed by atoms with Crippen molar-refractivity contribution in [3.63, 3.8) is 0 Å². The second kappa shape index (κ2) is 8.76. The van der Waals surface area contributed by atoms with Gasteiger partial charge in [0.25, 0.3) is 5.91 Å². The standard InChI is InChI=1S/C25H28N4O3S/c1-18-7-5-6-16-29(18)33(31,32)22-14-10-20(11-15-22)25(30)27-24-23(19-8-3-2-4-9-19)26-17-28(24)21-12-13-21/h2-4,8-11,14-15,17-18,21H,5-7,12-13,16H2,1H3,(H,27,30). The number of sulfonamides is 1. The molecule has 2 heterocycles. The summed E-state index contributed by atoms with van der Waals surface area (Å²) in [6.07, 6.45) is 6.71. The summed E-state index contributed by atoms with van der Waals surface area (Å²) in [6.45, 7) is 2.49. The highest BCUT2D eigenvalue weighted by Crippen LogP contribution is 2.40. The lowest BCUT2D eigenvalue weighted by molar-refractivity contribution is 0.102. The normalized spacial score (nSPS) is 19.4. The third kappa shape index (κ3) is 4.32. The maximum Gasteiger partial charge on any atom is 0.256 e. The molecular formula is C25H28N4O3S. The summed E-state index contributed by atoms with van der Waals surface area (Å²) in [6, 6.07) is 16.3. The van der Waals surface area contributed by atoms with Gasteiger partial charge in [-0.05, 0) is 56.9 Å². The van der Waals surface area contributed by atoms with Crippen molar-refractivity contribution in [3.05, 3.63) is 66.5 Å². The fraction of sp³-hybridized carbons (Fsp3) is 0.360. The number of anilines is 1. The molecule has 1 amide bonds. The van der Waals surface area contributed by atoms with Gasteiger partial charge >= 0.3 is 0 Å². The molecule has 1 saturated heterocycles. The van der Waals surface area contributed by atoms with Crippen LogP contribution < -0.4 is 5.32 Å². The molecule has 3 aromatic rings. The monoisotopic (exact) mass is 464 g/mol. The van der Waals surface area contributed by atoms with Gasteiger partial charge < -0.3 is 9.88 Å². The lowest BCUT2D eigenvalue weighted by atomic mass is 10.1. The lowest BCUT2D eigenvalue weighted by Gasteiger charge is -2.32. The SMILES string of the molecule is CC1CCCCN1S(=O)(=O)c1ccc(C(=O)Nc2c(-c3ccccc3)ncn2C2CC2)cc1. The summed E-state index contributed by atoms with van der Waals surface area (Å²) < 4.78 is 29.8. The van der Waals surface area contributed by atoms with Crippen LogP contribution in [0.1, 0.15) is 55.4 Å². The highest BCUT2D eigenvalue weighted by molar-refractivity contribution is 7.89. The first-order chi connectivity index (χ1) is 15.9. The predicted octanol–water partition coefficient (Wildman–Crippen LogP) is 4.70. The molecule has 1 unspecified atom stereocenters. The van der Waals surface area contributed by atoms with E-state index >= 15 is 0 Å². The van der Waals surface area contributed by atoms with Crippen LogP contribution in [-0.4, -0.2) is 40.8 Å². The van der Waals surface area contributed by atoms with E-state index < -0.39 is 10.0 Å². The topological polar surface area (TPSA) is 84.3 Å². The molecule has 2 aromatic carbocycles. The first-order valence-corrected chi connectivity index (χ1v) is 12.9. The maximum atomic E-state index is 13.1. The van der Waals surface area contributed by atoms with Gasteiger partial charge in [-0.25, -0.2) is 13.4 Å². The van der Waals surface area contributed by atoms with Crippen LogP contribution in [0.2, 0.25) is 0 Å². The van der Waals surface area contributed by atoms with E-state index in [2.05, 4.69) is 10.3 Å². The molecule has 8 heteroatoms. The number of nitrogens with one attached hydrogen (secondary N) is 1. The number of piperidine rings is 1. The quantitative estimate of drug-likeness (QED) is 0.573. The molecule has 1 aliphatic carbocycles. The van der Waals surface area contributed by atoms with Gasteiger partial charge in [0.05, 0.1) is 11.2 Å². The second-order valence-electron chi connectivity index (χ2n) is 8.89. The summed E-state index contributed by atoms with van der Waals surface area (Å²) in [4.78, 5) is 17.9. The van der Waals surface area contributed by atoms with E-state index in [4.69, 9.17) is 0 Å². The molecule has 7 nitrogen and oxygen atoms in total. The summed E-state index contributed by atoms with van der Waals surface area (Å²) in [5.74, 6) is 0.386. The van der Waals surface area contributed by atoms with Gasteiger partial charge in [0.2, 0.25) is 10.0 Å². The smallest absolute Gasteiger partial charge is 0.256 e. The highest BCUT2D eigenvalue weighted by atomic mass is 32.2. The van der Waals surface area contributed by atoms with Crippen LogP contribution in [0.4, 0.5) is 5.82 Å². The molecule has 1 aromatic heterocycles. The van der Waals surface area contributed by atoms with Gasteiger partial charge in [-0.1, -0.05) is 36.8 Å². The Kier molecular flexibility index (Phi) is 5.80. The molecule has 1 atom stereocenters. The van der Waals surface area contributed by atoms with E-state index in [1.807, 2.05) is 41.8 Å². The minimum Gasteiger partial charge on any atom is -0.314 e. The number of imidazole rings is 1. The fourth-order valence-electron chi connectivity index (χ4n) is 4.44. The Balaban J connectivity index is 1.39. The van der Waals surface area contributed by atoms with E-state index in [9.17, 15) is 13.2 Å². The van der Waals surface area contributed by atoms with Crippen LogP contribution in [0.25, 0.3) is 11.3 Å². The first kappa shape index (κ1) is 21.9. The van der Waals surface area contributed by atoms with Crippen molar-refractivity contribution in [1.82, 2.24) is 13.9 Å². The zero-order valence-electron chi connectivity index (χ0n) is 18.6. The average Bonchev–Trinajstić information content (AvgIpc) is 3.60. The van der Waals surface area contributed by atoms with Crippen molar-refractivity contribution in [2.75, 3.05) is 11.9 Å². The number of benzene rings is 2. The van der Waals surface area contributed by atoms with Crippen molar-refractivity contribution in [2.24, 2.45) is 0 Å². The molecule has 0 radical (unpaired) electrons. The lowest BCUT2D eigenvalue weighted by Crippen LogP contribution is -2.41. The number of nitrogens with zero attached hydrogens (tertiary/aromatic N) is 3. The Labute approximate surface area is 194 Å². The zero-order chi connectivity index (χ0) is 23.0. The van der Waals surface area contributed by atoms with Gasteiger partial charge in [0.1, 0.15) is 11.5 Å². The molecular weight excluding hydrogens is 436 g/mol. The Morgan fingerprint density at radius 3 is 2.39 bits per heavy atom. The van der Waals surface area contributed by atoms with Crippen molar-refractivity contribution in [3.8, 4) is 11.3 Å². The molecule has 1 saturated carbocycles. The van der Waals surface area contributed by atoms with E-state index in [0.29, 0.717) is 24.0 Å². The predicted molar refractivity (Wildman–Crippen MR) is 128 cm³/mol. The summed E-state index contributed by atoms with van der Waals surface area (Å²) >= 11 is 0. The van der Waals surface area contributed by atoms with Crippen molar-refractivity contribution < 1.29 is 13.2 Å². The van der Waals surface area contributed by atoms with Gasteiger partial charge in [-0.2, -0.15) is 4.31 Å². The van der Waals surface area contributed by atoms with Crippen LogP contribution in [0, 0.1) is 0 Å². The van der Waals surface area contributed by atoms with Crippen LogP contribution in [0.15, 0.2) is 65.8 Å². The molecule has 2 aliphatic rings. The molecule has 0 bridgehead atoms. The van der Waals surface area contributed by atoms with Crippen molar-refractivity contribution >= 4 is 21.7 Å². The fourth-order valence-corrected chi connectivity index (χ4v) is 6.14. The number of amides is 1. The average molecular weight is 465 g/mol. The van der Waals surface area contributed by atoms with Crippen molar-refractivity contribution in [2.45, 2.75) is 56.0 Å². The molecule has 1 aliphatic heterocycles. The van der Waals surface area contributed by atoms with Crippen LogP contribution in [-0.2, 0) is 10.0 Å². The third-order valence-electron chi connectivity index (χ3n) is 6.48. The van der Waals surface area contributed by atoms with E-state index in [-0.39, 0.29) is 16.8 Å². The largest absolute Gasteiger partial charge is 0.314 e. The van der Waals surface area contributed by atoms with E-state index in [0.717, 1.165) is 43.4 Å². The number of aromatic nitrogens is 2. The third-order valence-corrected chi connectivity index (χ3v) is 8.51. The Morgan fingerprint density at radius 1 is 1.00 bits per heavy atom. The number of hydrogen-bond acceptors (Lipinski definition) is 4. The molecule has 0 spiro atoms. The van der Waals surface area contributed by atoms with Gasteiger partial charge in [0.15, 0.2) is 0 Å². The van der Waals surface area contributed by atoms with Gasteiger partial charge in [-0.3, -0.25) is 4.79 Å². The summed E-state index contributed by atoms with van der Waals surface area (Å²) in [5.41, 5.74) is 2.07. The maximum absolute atomic E-state index is 13.1. The van der Waals surface area contributed by atoms with Crippen molar-refractivity contribution in [1.29, 1.82) is 0 Å². The first-order valence-electron chi connectivity index (χ1n) is 11.5. The molecule has 1 N–H and O–H groups in total. The Morgan fingerprint density at radius 2 is 1.73 bits per heavy atom. The van der Waals surface area contributed by atoms with Gasteiger partial charge in [-0.15, -0.1) is 0 Å². The summed E-state index contributed by atoms with van der Waals surface area (Å²) in [7, 11) is -3.57. The molecule has 2 fully saturated rings. The second-order valence-corrected chi connectivity index (χ2v) is 10.8. The molecule has 33 heavy (non-hydrogen) atoms. The van der Waals surface area contributed by atoms with E-state index in [1.54, 1.807) is 22.8 Å². The minimum absolute atomic E-state index is 0.00848. The molecule has 172 valence electrons. The summed E-state index contributed by atoms with van der Waals surface area (Å²) in [5, 5.41) is 3.03. The number of rotatable bonds is 6. The van der Waals surface area contributed by atoms with Crippen LogP contribution in [0.5, 0.6) is 0 Å². The Bertz CT molecular complexity index is 1250. The van der Waals surface area contributed by atoms with E-state index in [1.165, 1.54) is 12.1 Å². The van der Waals surface area contributed by atoms with Gasteiger partial charge in [0, 0.05) is 29.8 Å².